The van der Waals surface area contributed by atoms with E-state index in [-0.39, 0.29) is 10.8 Å². The summed E-state index contributed by atoms with van der Waals surface area (Å²) < 4.78 is 5.39. The molecule has 0 aliphatic carbocycles. The van der Waals surface area contributed by atoms with E-state index < -0.39 is 0 Å². The van der Waals surface area contributed by atoms with Gasteiger partial charge < -0.3 is 4.74 Å². The molecule has 12 heavy (non-hydrogen) atoms. The van der Waals surface area contributed by atoms with E-state index in [0.29, 0.717) is 0 Å². The minimum absolute atomic E-state index is 0.220. The molecule has 0 aromatic rings. The van der Waals surface area contributed by atoms with Gasteiger partial charge in [-0.25, -0.2) is 0 Å². The van der Waals surface area contributed by atoms with Crippen molar-refractivity contribution in [2.45, 2.75) is 41.5 Å². The molecule has 0 aliphatic rings. The zero-order chi connectivity index (χ0) is 9.83. The van der Waals surface area contributed by atoms with Gasteiger partial charge in [-0.15, -0.1) is 0 Å². The Hall–Kier alpha value is -0.460. The number of hydrogen-bond donors (Lipinski definition) is 0. The Kier molecular flexibility index (Phi) is 3.82. The van der Waals surface area contributed by atoms with Gasteiger partial charge in [0.05, 0.1) is 12.9 Å². The van der Waals surface area contributed by atoms with Crippen LogP contribution in [0.5, 0.6) is 0 Å². The Morgan fingerprint density at radius 2 is 1.50 bits per heavy atom. The van der Waals surface area contributed by atoms with Gasteiger partial charge in [-0.1, -0.05) is 41.5 Å². The molecule has 0 fully saturated rings. The third-order valence-electron chi connectivity index (χ3n) is 1.18. The van der Waals surface area contributed by atoms with Gasteiger partial charge in [0.2, 0.25) is 0 Å². The van der Waals surface area contributed by atoms with Crippen molar-refractivity contribution in [3.63, 3.8) is 0 Å². The summed E-state index contributed by atoms with van der Waals surface area (Å²) in [7, 11) is 0. The fourth-order valence-corrected chi connectivity index (χ4v) is 0.550. The first kappa shape index (κ1) is 11.5. The maximum Gasteiger partial charge on any atom is 0.0921 e. The molecule has 0 bridgehead atoms. The topological polar surface area (TPSA) is 9.23 Å². The van der Waals surface area contributed by atoms with Crippen LogP contribution in [-0.4, -0.2) is 6.61 Å². The van der Waals surface area contributed by atoms with E-state index in [4.69, 9.17) is 4.74 Å². The van der Waals surface area contributed by atoms with Crippen molar-refractivity contribution in [3.05, 3.63) is 12.3 Å². The highest BCUT2D eigenvalue weighted by Gasteiger charge is 2.09. The van der Waals surface area contributed by atoms with Crippen molar-refractivity contribution in [1.82, 2.24) is 0 Å². The van der Waals surface area contributed by atoms with Gasteiger partial charge in [-0.3, -0.25) is 0 Å². The molecule has 0 aromatic heterocycles. The minimum Gasteiger partial charge on any atom is -0.501 e. The van der Waals surface area contributed by atoms with Gasteiger partial charge in [-0.05, 0) is 16.9 Å². The van der Waals surface area contributed by atoms with Crippen molar-refractivity contribution in [2.24, 2.45) is 10.8 Å². The molecule has 0 saturated carbocycles. The SMILES string of the molecule is CC(C)(C)/C=C\OCC(C)(C)C. The predicted molar refractivity (Wildman–Crippen MR) is 54.0 cm³/mol. The predicted octanol–water partition coefficient (Wildman–Crippen LogP) is 3.61. The standard InChI is InChI=1S/C11H22O/c1-10(2,3)7-8-12-9-11(4,5)6/h7-8H,9H2,1-6H3/b8-7-. The molecule has 0 spiro atoms. The molecule has 0 radical (unpaired) electrons. The van der Waals surface area contributed by atoms with E-state index in [9.17, 15) is 0 Å². The highest BCUT2D eigenvalue weighted by molar-refractivity contribution is 4.87. The van der Waals surface area contributed by atoms with Crippen LogP contribution < -0.4 is 0 Å². The molecule has 0 amide bonds. The first-order chi connectivity index (χ1) is 5.21. The highest BCUT2D eigenvalue weighted by atomic mass is 16.5. The lowest BCUT2D eigenvalue weighted by molar-refractivity contribution is 0.149. The molecule has 72 valence electrons. The number of allylic oxidation sites excluding steroid dienone is 1. The van der Waals surface area contributed by atoms with Crippen LogP contribution in [0.3, 0.4) is 0 Å². The second kappa shape index (κ2) is 3.97. The lowest BCUT2D eigenvalue weighted by atomic mass is 9.97. The van der Waals surface area contributed by atoms with Crippen LogP contribution in [0.2, 0.25) is 0 Å². The number of hydrogen-bond acceptors (Lipinski definition) is 1. The van der Waals surface area contributed by atoms with Crippen LogP contribution in [0, 0.1) is 10.8 Å². The van der Waals surface area contributed by atoms with Gasteiger partial charge in [0, 0.05) is 0 Å². The van der Waals surface area contributed by atoms with Gasteiger partial charge >= 0.3 is 0 Å². The van der Waals surface area contributed by atoms with Crippen molar-refractivity contribution in [1.29, 1.82) is 0 Å². The van der Waals surface area contributed by atoms with Gasteiger partial charge in [-0.2, -0.15) is 0 Å². The third-order valence-corrected chi connectivity index (χ3v) is 1.18. The second-order valence-electron chi connectivity index (χ2n) is 5.54. The monoisotopic (exact) mass is 170 g/mol. The first-order valence-corrected chi connectivity index (χ1v) is 4.50. The summed E-state index contributed by atoms with van der Waals surface area (Å²) in [6.45, 7) is 13.7. The largest absolute Gasteiger partial charge is 0.501 e. The van der Waals surface area contributed by atoms with Crippen molar-refractivity contribution in [3.8, 4) is 0 Å². The van der Waals surface area contributed by atoms with Crippen LogP contribution in [0.15, 0.2) is 12.3 Å². The Morgan fingerprint density at radius 3 is 1.83 bits per heavy atom. The third kappa shape index (κ3) is 9.54. The fraction of sp³-hybridized carbons (Fsp3) is 0.818. The quantitative estimate of drug-likeness (QED) is 0.575. The molecule has 1 nitrogen and oxygen atoms in total. The van der Waals surface area contributed by atoms with Crippen molar-refractivity contribution >= 4 is 0 Å². The molecule has 0 saturated heterocycles. The van der Waals surface area contributed by atoms with Crippen LogP contribution in [0.4, 0.5) is 0 Å². The van der Waals surface area contributed by atoms with Crippen LogP contribution in [0.1, 0.15) is 41.5 Å². The fourth-order valence-electron chi connectivity index (χ4n) is 0.550. The zero-order valence-electron chi connectivity index (χ0n) is 9.27. The maximum absolute atomic E-state index is 5.39. The Morgan fingerprint density at radius 1 is 1.00 bits per heavy atom. The smallest absolute Gasteiger partial charge is 0.0921 e. The van der Waals surface area contributed by atoms with E-state index in [2.05, 4.69) is 47.6 Å². The molecule has 0 rings (SSSR count). The maximum atomic E-state index is 5.39. The molecule has 0 heterocycles. The number of rotatable bonds is 2. The van der Waals surface area contributed by atoms with E-state index in [1.54, 1.807) is 0 Å². The summed E-state index contributed by atoms with van der Waals surface area (Å²) >= 11 is 0. The minimum atomic E-state index is 0.220. The molecule has 0 atom stereocenters. The van der Waals surface area contributed by atoms with Gasteiger partial charge in [0.25, 0.3) is 0 Å². The summed E-state index contributed by atoms with van der Waals surface area (Å²) in [4.78, 5) is 0. The summed E-state index contributed by atoms with van der Waals surface area (Å²) in [6.07, 6.45) is 3.89. The van der Waals surface area contributed by atoms with Crippen molar-refractivity contribution < 1.29 is 4.74 Å². The first-order valence-electron chi connectivity index (χ1n) is 4.50. The van der Waals surface area contributed by atoms with E-state index in [1.165, 1.54) is 0 Å². The normalized spacial score (nSPS) is 13.8. The van der Waals surface area contributed by atoms with Gasteiger partial charge in [0.15, 0.2) is 0 Å². The molecular formula is C11H22O. The summed E-state index contributed by atoms with van der Waals surface area (Å²) in [5, 5.41) is 0. The van der Waals surface area contributed by atoms with E-state index in [1.807, 2.05) is 6.26 Å². The average molecular weight is 170 g/mol. The van der Waals surface area contributed by atoms with Crippen LogP contribution >= 0.6 is 0 Å². The lowest BCUT2D eigenvalue weighted by Crippen LogP contribution is -2.12. The van der Waals surface area contributed by atoms with E-state index >= 15 is 0 Å². The Balaban J connectivity index is 3.64. The van der Waals surface area contributed by atoms with Gasteiger partial charge in [0.1, 0.15) is 0 Å². The molecule has 0 N–H and O–H groups in total. The Bertz CT molecular complexity index is 143. The second-order valence-corrected chi connectivity index (χ2v) is 5.54. The van der Waals surface area contributed by atoms with Crippen LogP contribution in [-0.2, 0) is 4.74 Å². The highest BCUT2D eigenvalue weighted by Crippen LogP contribution is 2.16. The van der Waals surface area contributed by atoms with Crippen LogP contribution in [0.25, 0.3) is 0 Å². The molecular weight excluding hydrogens is 148 g/mol. The Labute approximate surface area is 76.8 Å². The summed E-state index contributed by atoms with van der Waals surface area (Å²) in [5.41, 5.74) is 0.472. The summed E-state index contributed by atoms with van der Waals surface area (Å²) in [5.74, 6) is 0. The zero-order valence-corrected chi connectivity index (χ0v) is 9.27. The lowest BCUT2D eigenvalue weighted by Gasteiger charge is -2.17. The number of ether oxygens (including phenoxy) is 1. The van der Waals surface area contributed by atoms with E-state index in [0.717, 1.165) is 6.61 Å². The summed E-state index contributed by atoms with van der Waals surface area (Å²) in [6, 6.07) is 0. The molecule has 0 unspecified atom stereocenters. The molecule has 1 heteroatoms. The molecule has 0 aromatic carbocycles. The average Bonchev–Trinajstić information content (AvgIpc) is 1.76. The van der Waals surface area contributed by atoms with Crippen molar-refractivity contribution in [2.75, 3.05) is 6.61 Å². The molecule has 0 aliphatic heterocycles.